The second-order valence-electron chi connectivity index (χ2n) is 5.44. The summed E-state index contributed by atoms with van der Waals surface area (Å²) in [5.41, 5.74) is 0.984. The van der Waals surface area contributed by atoms with E-state index >= 15 is 0 Å². The Morgan fingerprint density at radius 1 is 1.24 bits per heavy atom. The maximum Gasteiger partial charge on any atom is 0.123 e. The van der Waals surface area contributed by atoms with Gasteiger partial charge in [0.2, 0.25) is 0 Å². The average molecular weight is 313 g/mol. The molecule has 120 valence electrons. The normalized spacial score (nSPS) is 14.0. The lowest BCUT2D eigenvalue weighted by molar-refractivity contribution is 0.394. The highest BCUT2D eigenvalue weighted by molar-refractivity contribution is 7.85. The molecular formula is C16H27NO3S. The van der Waals surface area contributed by atoms with E-state index in [0.29, 0.717) is 11.7 Å². The third kappa shape index (κ3) is 5.67. The molecule has 0 radical (unpaired) electrons. The van der Waals surface area contributed by atoms with E-state index in [1.54, 1.807) is 14.2 Å². The molecule has 1 aromatic carbocycles. The monoisotopic (exact) mass is 313 g/mol. The standard InChI is InChI=1S/C16H27NO3S/c1-12(2)8-9-21(18)11-15(17-3)14-10-13(19-4)6-7-16(14)20-5/h6-7,10,12,15,17H,8-9,11H2,1-5H3. The van der Waals surface area contributed by atoms with Crippen molar-refractivity contribution < 1.29 is 13.7 Å². The highest BCUT2D eigenvalue weighted by Gasteiger charge is 2.18. The molecule has 0 spiro atoms. The smallest absolute Gasteiger partial charge is 0.123 e. The third-order valence-electron chi connectivity index (χ3n) is 3.44. The van der Waals surface area contributed by atoms with Crippen molar-refractivity contribution in [3.05, 3.63) is 23.8 Å². The zero-order valence-corrected chi connectivity index (χ0v) is 14.5. The van der Waals surface area contributed by atoms with Crippen LogP contribution >= 0.6 is 0 Å². The molecule has 2 atom stereocenters. The first kappa shape index (κ1) is 18.0. The molecule has 0 fully saturated rings. The first-order valence-corrected chi connectivity index (χ1v) is 8.74. The van der Waals surface area contributed by atoms with Gasteiger partial charge in [0.25, 0.3) is 0 Å². The maximum absolute atomic E-state index is 12.2. The number of ether oxygens (including phenoxy) is 2. The molecule has 0 aliphatic carbocycles. The number of hydrogen-bond donors (Lipinski definition) is 1. The largest absolute Gasteiger partial charge is 0.497 e. The van der Waals surface area contributed by atoms with E-state index in [1.165, 1.54) is 0 Å². The van der Waals surface area contributed by atoms with Crippen molar-refractivity contribution in [3.8, 4) is 11.5 Å². The Kier molecular flexibility index (Phi) is 7.75. The lowest BCUT2D eigenvalue weighted by atomic mass is 10.1. The van der Waals surface area contributed by atoms with Gasteiger partial charge in [0, 0.05) is 33.9 Å². The van der Waals surface area contributed by atoms with Gasteiger partial charge < -0.3 is 14.8 Å². The summed E-state index contributed by atoms with van der Waals surface area (Å²) in [5.74, 6) is 3.46. The Labute approximate surface area is 130 Å². The highest BCUT2D eigenvalue weighted by atomic mass is 32.2. The summed E-state index contributed by atoms with van der Waals surface area (Å²) in [7, 11) is 4.32. The van der Waals surface area contributed by atoms with Gasteiger partial charge >= 0.3 is 0 Å². The fourth-order valence-electron chi connectivity index (χ4n) is 2.08. The van der Waals surface area contributed by atoms with E-state index in [1.807, 2.05) is 25.2 Å². The van der Waals surface area contributed by atoms with Gasteiger partial charge in [-0.15, -0.1) is 0 Å². The van der Waals surface area contributed by atoms with Crippen molar-refractivity contribution in [1.82, 2.24) is 5.32 Å². The topological polar surface area (TPSA) is 47.6 Å². The number of methoxy groups -OCH3 is 2. The first-order chi connectivity index (χ1) is 10.0. The van der Waals surface area contributed by atoms with E-state index < -0.39 is 10.8 Å². The predicted molar refractivity (Wildman–Crippen MR) is 88.7 cm³/mol. The van der Waals surface area contributed by atoms with E-state index in [9.17, 15) is 4.21 Å². The summed E-state index contributed by atoms with van der Waals surface area (Å²) in [6, 6.07) is 5.68. The Balaban J connectivity index is 2.85. The zero-order valence-electron chi connectivity index (χ0n) is 13.6. The molecule has 4 nitrogen and oxygen atoms in total. The maximum atomic E-state index is 12.2. The summed E-state index contributed by atoms with van der Waals surface area (Å²) < 4.78 is 22.9. The van der Waals surface area contributed by atoms with Crippen LogP contribution in [0, 0.1) is 5.92 Å². The second kappa shape index (κ2) is 9.05. The summed E-state index contributed by atoms with van der Waals surface area (Å²) >= 11 is 0. The summed E-state index contributed by atoms with van der Waals surface area (Å²) in [5, 5.41) is 3.23. The summed E-state index contributed by atoms with van der Waals surface area (Å²) in [6.07, 6.45) is 0.984. The van der Waals surface area contributed by atoms with Crippen LogP contribution in [0.15, 0.2) is 18.2 Å². The number of benzene rings is 1. The van der Waals surface area contributed by atoms with E-state index in [4.69, 9.17) is 9.47 Å². The van der Waals surface area contributed by atoms with Gasteiger partial charge in [0.05, 0.1) is 14.2 Å². The predicted octanol–water partition coefficient (Wildman–Crippen LogP) is 2.76. The zero-order chi connectivity index (χ0) is 15.8. The van der Waals surface area contributed by atoms with Crippen LogP contribution in [0.3, 0.4) is 0 Å². The van der Waals surface area contributed by atoms with Crippen molar-refractivity contribution >= 4 is 10.8 Å². The van der Waals surface area contributed by atoms with Crippen molar-refractivity contribution in [1.29, 1.82) is 0 Å². The Morgan fingerprint density at radius 3 is 2.48 bits per heavy atom. The Morgan fingerprint density at radius 2 is 1.95 bits per heavy atom. The molecule has 0 heterocycles. The van der Waals surface area contributed by atoms with Crippen LogP contribution in [-0.4, -0.2) is 37.0 Å². The van der Waals surface area contributed by atoms with Gasteiger partial charge in [-0.05, 0) is 37.6 Å². The molecule has 0 amide bonds. The first-order valence-electron chi connectivity index (χ1n) is 7.26. The molecule has 0 aliphatic rings. The molecule has 5 heteroatoms. The van der Waals surface area contributed by atoms with Crippen molar-refractivity contribution in [2.45, 2.75) is 26.3 Å². The van der Waals surface area contributed by atoms with Crippen LogP contribution in [0.2, 0.25) is 0 Å². The molecule has 0 aliphatic heterocycles. The van der Waals surface area contributed by atoms with Crippen molar-refractivity contribution in [2.75, 3.05) is 32.8 Å². The summed E-state index contributed by atoms with van der Waals surface area (Å²) in [4.78, 5) is 0. The molecule has 0 saturated carbocycles. The van der Waals surface area contributed by atoms with Crippen molar-refractivity contribution in [3.63, 3.8) is 0 Å². The Bertz CT molecular complexity index is 463. The SMILES string of the molecule is CNC(CS(=O)CCC(C)C)c1cc(OC)ccc1OC. The number of rotatable bonds is 9. The molecular weight excluding hydrogens is 286 g/mol. The summed E-state index contributed by atoms with van der Waals surface area (Å²) in [6.45, 7) is 4.30. The lowest BCUT2D eigenvalue weighted by Crippen LogP contribution is -2.24. The molecule has 0 saturated heterocycles. The quantitative estimate of drug-likeness (QED) is 0.761. The van der Waals surface area contributed by atoms with E-state index in [-0.39, 0.29) is 6.04 Å². The van der Waals surface area contributed by atoms with Crippen LogP contribution in [0.5, 0.6) is 11.5 Å². The molecule has 2 unspecified atom stereocenters. The molecule has 1 aromatic rings. The van der Waals surface area contributed by atoms with Crippen LogP contribution in [0.25, 0.3) is 0 Å². The number of nitrogens with one attached hydrogen (secondary N) is 1. The number of hydrogen-bond acceptors (Lipinski definition) is 4. The van der Waals surface area contributed by atoms with E-state index in [2.05, 4.69) is 19.2 Å². The van der Waals surface area contributed by atoms with Gasteiger partial charge in [-0.2, -0.15) is 0 Å². The third-order valence-corrected chi connectivity index (χ3v) is 4.83. The van der Waals surface area contributed by atoms with E-state index in [0.717, 1.165) is 29.2 Å². The minimum Gasteiger partial charge on any atom is -0.497 e. The molecule has 0 bridgehead atoms. The second-order valence-corrected chi connectivity index (χ2v) is 7.06. The van der Waals surface area contributed by atoms with Crippen LogP contribution in [0.4, 0.5) is 0 Å². The fraction of sp³-hybridized carbons (Fsp3) is 0.625. The van der Waals surface area contributed by atoms with Crippen LogP contribution < -0.4 is 14.8 Å². The average Bonchev–Trinajstić information content (AvgIpc) is 2.49. The van der Waals surface area contributed by atoms with Crippen LogP contribution in [-0.2, 0) is 10.8 Å². The lowest BCUT2D eigenvalue weighted by Gasteiger charge is -2.20. The van der Waals surface area contributed by atoms with Crippen LogP contribution in [0.1, 0.15) is 31.9 Å². The van der Waals surface area contributed by atoms with Gasteiger partial charge in [-0.1, -0.05) is 13.8 Å². The van der Waals surface area contributed by atoms with Gasteiger partial charge in [0.1, 0.15) is 11.5 Å². The van der Waals surface area contributed by atoms with Gasteiger partial charge in [0.15, 0.2) is 0 Å². The molecule has 1 rings (SSSR count). The minimum atomic E-state index is -0.849. The van der Waals surface area contributed by atoms with Gasteiger partial charge in [-0.3, -0.25) is 4.21 Å². The Hall–Kier alpha value is -1.07. The highest BCUT2D eigenvalue weighted by Crippen LogP contribution is 2.29. The molecule has 1 N–H and O–H groups in total. The fourth-order valence-corrected chi connectivity index (χ4v) is 3.70. The van der Waals surface area contributed by atoms with Crippen molar-refractivity contribution in [2.24, 2.45) is 5.92 Å². The molecule has 21 heavy (non-hydrogen) atoms. The van der Waals surface area contributed by atoms with Gasteiger partial charge in [-0.25, -0.2) is 0 Å². The molecule has 0 aromatic heterocycles. The minimum absolute atomic E-state index is 0.0111.